The van der Waals surface area contributed by atoms with Gasteiger partial charge in [-0.2, -0.15) is 0 Å². The van der Waals surface area contributed by atoms with E-state index in [9.17, 15) is 28.5 Å². The molecule has 1 aromatic rings. The summed E-state index contributed by atoms with van der Waals surface area (Å²) in [5.74, 6) is -0.942. The van der Waals surface area contributed by atoms with E-state index in [2.05, 4.69) is 16.0 Å². The molecule has 0 saturated heterocycles. The number of alkyl carbamates (subject to hydrolysis) is 2. The molecule has 1 aliphatic carbocycles. The van der Waals surface area contributed by atoms with Crippen molar-refractivity contribution in [3.8, 4) is 0 Å². The molecule has 270 valence electrons. The summed E-state index contributed by atoms with van der Waals surface area (Å²) in [6.07, 6.45) is 3.24. The highest BCUT2D eigenvalue weighted by Crippen LogP contribution is 2.50. The molecule has 4 amide bonds. The second-order valence-corrected chi connectivity index (χ2v) is 13.8. The fourth-order valence-electron chi connectivity index (χ4n) is 5.26. The van der Waals surface area contributed by atoms with Gasteiger partial charge in [0, 0.05) is 31.6 Å². The Labute approximate surface area is 287 Å². The molecule has 0 spiro atoms. The van der Waals surface area contributed by atoms with Crippen molar-refractivity contribution < 1.29 is 47.1 Å². The molecule has 1 saturated carbocycles. The number of rotatable bonds is 20. The second-order valence-electron chi connectivity index (χ2n) is 11.4. The highest BCUT2D eigenvalue weighted by atomic mass is 35.5. The molecule has 0 heterocycles. The van der Waals surface area contributed by atoms with Crippen molar-refractivity contribution in [3.63, 3.8) is 0 Å². The van der Waals surface area contributed by atoms with Crippen LogP contribution < -0.4 is 16.0 Å². The number of carbonyl (C=O) groups excluding carboxylic acids is 5. The van der Waals surface area contributed by atoms with Gasteiger partial charge in [0.15, 0.2) is 0 Å². The van der Waals surface area contributed by atoms with E-state index in [1.807, 2.05) is 0 Å². The molecule has 2 atom stereocenters. The van der Waals surface area contributed by atoms with Gasteiger partial charge in [-0.05, 0) is 57.2 Å². The molecular weight excluding hydrogens is 667 g/mol. The molecule has 0 unspecified atom stereocenters. The average molecular weight is 717 g/mol. The van der Waals surface area contributed by atoms with E-state index < -0.39 is 49.2 Å². The lowest BCUT2D eigenvalue weighted by Crippen LogP contribution is -2.52. The highest BCUT2D eigenvalue weighted by molar-refractivity contribution is 7.72. The van der Waals surface area contributed by atoms with Crippen LogP contribution in [0.3, 0.4) is 0 Å². The molecule has 3 N–H and O–H groups in total. The number of likely N-dealkylation sites (N-methyl/N-ethyl adjacent to an activating group) is 1. The Bertz CT molecular complexity index is 1250. The van der Waals surface area contributed by atoms with Crippen molar-refractivity contribution in [3.05, 3.63) is 34.9 Å². The van der Waals surface area contributed by atoms with Crippen LogP contribution in [-0.2, 0) is 44.1 Å². The topological polar surface area (TPSA) is 179 Å². The Kier molecular flexibility index (Phi) is 18.5. The maximum Gasteiger partial charge on any atom is 0.408 e. The zero-order chi connectivity index (χ0) is 35.5. The first kappa shape index (κ1) is 41.0. The first-order chi connectivity index (χ1) is 22.9. The smallest absolute Gasteiger partial charge is 0.408 e. The number of nitrogens with one attached hydrogen (secondary N) is 3. The predicted octanol–water partition coefficient (Wildman–Crippen LogP) is 5.17. The SMILES string of the molecule is CCOC(=O)NCCN(C)C(=O)CC[C@H](NC(=O)[C@H](CC1CCCCC1)NC(=O)OCc1cccc(Cl)c1)C(=O)P(=O)(OCC)OCC. The minimum atomic E-state index is -4.35. The summed E-state index contributed by atoms with van der Waals surface area (Å²) < 4.78 is 34.2. The number of carbonyl (C=O) groups is 5. The molecule has 0 aromatic heterocycles. The largest absolute Gasteiger partial charge is 0.450 e. The van der Waals surface area contributed by atoms with Gasteiger partial charge in [-0.15, -0.1) is 0 Å². The lowest BCUT2D eigenvalue weighted by atomic mass is 9.84. The quantitative estimate of drug-likeness (QED) is 0.153. The maximum atomic E-state index is 13.8. The zero-order valence-electron chi connectivity index (χ0n) is 28.3. The Morgan fingerprint density at radius 2 is 1.62 bits per heavy atom. The minimum Gasteiger partial charge on any atom is -0.450 e. The van der Waals surface area contributed by atoms with Gasteiger partial charge >= 0.3 is 19.8 Å². The van der Waals surface area contributed by atoms with Gasteiger partial charge in [-0.3, -0.25) is 18.9 Å². The Balaban J connectivity index is 2.21. The van der Waals surface area contributed by atoms with Crippen LogP contribution in [0.25, 0.3) is 0 Å². The fourth-order valence-corrected chi connectivity index (χ4v) is 7.06. The molecule has 1 aliphatic rings. The monoisotopic (exact) mass is 716 g/mol. The molecular formula is C32H50ClN4O10P. The fraction of sp³-hybridized carbons (Fsp3) is 0.656. The Morgan fingerprint density at radius 1 is 0.938 bits per heavy atom. The van der Waals surface area contributed by atoms with Crippen molar-refractivity contribution >= 4 is 48.7 Å². The summed E-state index contributed by atoms with van der Waals surface area (Å²) in [7, 11) is -2.82. The third-order valence-electron chi connectivity index (χ3n) is 7.71. The van der Waals surface area contributed by atoms with Crippen LogP contribution in [0.5, 0.6) is 0 Å². The van der Waals surface area contributed by atoms with E-state index in [-0.39, 0.29) is 58.3 Å². The number of amides is 4. The molecule has 0 radical (unpaired) electrons. The van der Waals surface area contributed by atoms with Gasteiger partial charge in [-0.1, -0.05) is 55.8 Å². The van der Waals surface area contributed by atoms with Gasteiger partial charge in [0.2, 0.25) is 11.8 Å². The summed E-state index contributed by atoms with van der Waals surface area (Å²) in [5.41, 5.74) is -0.343. The van der Waals surface area contributed by atoms with E-state index in [1.54, 1.807) is 45.0 Å². The van der Waals surface area contributed by atoms with Gasteiger partial charge in [-0.25, -0.2) is 9.59 Å². The number of halogens is 1. The molecule has 48 heavy (non-hydrogen) atoms. The van der Waals surface area contributed by atoms with Crippen LogP contribution in [0.1, 0.15) is 77.7 Å². The van der Waals surface area contributed by atoms with E-state index in [0.717, 1.165) is 32.1 Å². The van der Waals surface area contributed by atoms with Crippen molar-refractivity contribution in [1.29, 1.82) is 0 Å². The number of ether oxygens (including phenoxy) is 2. The molecule has 16 heteroatoms. The summed E-state index contributed by atoms with van der Waals surface area (Å²) in [5, 5.41) is 8.27. The first-order valence-corrected chi connectivity index (χ1v) is 18.4. The molecule has 14 nitrogen and oxygen atoms in total. The normalized spacial score (nSPS) is 14.7. The summed E-state index contributed by atoms with van der Waals surface area (Å²) >= 11 is 6.03. The van der Waals surface area contributed by atoms with E-state index in [0.29, 0.717) is 17.0 Å². The first-order valence-electron chi connectivity index (χ1n) is 16.5. The third kappa shape index (κ3) is 14.5. The van der Waals surface area contributed by atoms with Crippen LogP contribution in [0.15, 0.2) is 24.3 Å². The van der Waals surface area contributed by atoms with Crippen molar-refractivity contribution in [2.45, 2.75) is 90.8 Å². The minimum absolute atomic E-state index is 0.0812. The van der Waals surface area contributed by atoms with Crippen molar-refractivity contribution in [1.82, 2.24) is 20.9 Å². The summed E-state index contributed by atoms with van der Waals surface area (Å²) in [6, 6.07) is 4.30. The van der Waals surface area contributed by atoms with Gasteiger partial charge in [0.1, 0.15) is 18.7 Å². The van der Waals surface area contributed by atoms with Crippen LogP contribution in [-0.4, -0.2) is 86.5 Å². The number of hydrogen-bond acceptors (Lipinski definition) is 10. The van der Waals surface area contributed by atoms with E-state index in [1.165, 1.54) is 11.9 Å². The van der Waals surface area contributed by atoms with Crippen LogP contribution in [0.4, 0.5) is 9.59 Å². The zero-order valence-corrected chi connectivity index (χ0v) is 29.9. The maximum absolute atomic E-state index is 13.8. The van der Waals surface area contributed by atoms with Crippen LogP contribution >= 0.6 is 19.2 Å². The summed E-state index contributed by atoms with van der Waals surface area (Å²) in [6.45, 7) is 4.99. The predicted molar refractivity (Wildman–Crippen MR) is 179 cm³/mol. The van der Waals surface area contributed by atoms with Crippen molar-refractivity contribution in [2.75, 3.05) is 40.0 Å². The van der Waals surface area contributed by atoms with E-state index >= 15 is 0 Å². The summed E-state index contributed by atoms with van der Waals surface area (Å²) in [4.78, 5) is 66.2. The molecule has 1 aromatic carbocycles. The Hall–Kier alpha value is -3.19. The lowest BCUT2D eigenvalue weighted by molar-refractivity contribution is -0.131. The standard InChI is InChI=1S/C32H50ClN4O10P/c1-5-44-31(41)34-18-19-37(4)28(38)17-16-26(30(40)48(43,46-6-2)47-7-3)35-29(39)27(21-23-12-9-8-10-13-23)36-32(42)45-22-24-14-11-15-25(33)20-24/h11,14-15,20,23,26-27H,5-10,12-13,16-19,21-22H2,1-4H3,(H,34,41)(H,35,39)(H,36,42)/t26-,27-/m0/s1. The third-order valence-corrected chi connectivity index (χ3v) is 9.99. The molecule has 0 bridgehead atoms. The second kappa shape index (κ2) is 21.7. The van der Waals surface area contributed by atoms with Gasteiger partial charge in [0.25, 0.3) is 5.52 Å². The van der Waals surface area contributed by atoms with Gasteiger partial charge < -0.3 is 39.4 Å². The van der Waals surface area contributed by atoms with Crippen molar-refractivity contribution in [2.24, 2.45) is 5.92 Å². The molecule has 0 aliphatic heterocycles. The van der Waals surface area contributed by atoms with Crippen LogP contribution in [0.2, 0.25) is 5.02 Å². The molecule has 2 rings (SSSR count). The lowest BCUT2D eigenvalue weighted by Gasteiger charge is -2.28. The molecule has 1 fully saturated rings. The van der Waals surface area contributed by atoms with E-state index in [4.69, 9.17) is 30.1 Å². The highest BCUT2D eigenvalue weighted by Gasteiger charge is 2.41. The number of hydrogen-bond donors (Lipinski definition) is 3. The van der Waals surface area contributed by atoms with Crippen LogP contribution in [0, 0.1) is 5.92 Å². The Morgan fingerprint density at radius 3 is 2.25 bits per heavy atom. The van der Waals surface area contributed by atoms with Gasteiger partial charge in [0.05, 0.1) is 19.8 Å². The number of nitrogens with zero attached hydrogens (tertiary/aromatic N) is 1. The number of benzene rings is 1. The average Bonchev–Trinajstić information content (AvgIpc) is 3.05.